The van der Waals surface area contributed by atoms with E-state index in [4.69, 9.17) is 0 Å². The first-order valence-electron chi connectivity index (χ1n) is 13.3. The lowest BCUT2D eigenvalue weighted by molar-refractivity contribution is 0.0702. The SMILES string of the molecule is CC(C)(O)CCNC(=O)NC12CCC(c3ccc(NC(=O)N4Cc5ccc(F)cc5C4)cc3)(CC1)CC2. The number of nitrogens with zero attached hydrogens (tertiary/aromatic N) is 1. The zero-order valence-corrected chi connectivity index (χ0v) is 21.7. The normalized spacial score (nSPS) is 24.5. The van der Waals surface area contributed by atoms with E-state index in [0.717, 1.165) is 55.3 Å². The highest BCUT2D eigenvalue weighted by atomic mass is 19.1. The number of urea groups is 2. The van der Waals surface area contributed by atoms with Crippen molar-refractivity contribution in [2.45, 2.75) is 88.4 Å². The van der Waals surface area contributed by atoms with Crippen LogP contribution in [0.1, 0.15) is 75.5 Å². The lowest BCUT2D eigenvalue weighted by Gasteiger charge is -2.54. The largest absolute Gasteiger partial charge is 0.390 e. The molecule has 4 amide bonds. The Bertz CT molecular complexity index is 1150. The Hall–Kier alpha value is -3.13. The lowest BCUT2D eigenvalue weighted by atomic mass is 9.55. The van der Waals surface area contributed by atoms with Crippen LogP contribution in [-0.2, 0) is 18.5 Å². The number of rotatable bonds is 6. The van der Waals surface area contributed by atoms with Crippen molar-refractivity contribution in [3.8, 4) is 0 Å². The van der Waals surface area contributed by atoms with Gasteiger partial charge in [0.25, 0.3) is 0 Å². The van der Waals surface area contributed by atoms with Gasteiger partial charge in [0.15, 0.2) is 0 Å². The number of carbonyl (C=O) groups excluding carboxylic acids is 2. The third-order valence-electron chi connectivity index (χ3n) is 8.57. The van der Waals surface area contributed by atoms with Crippen LogP contribution in [0.3, 0.4) is 0 Å². The highest BCUT2D eigenvalue weighted by Crippen LogP contribution is 2.53. The number of anilines is 1. The maximum Gasteiger partial charge on any atom is 0.322 e. The molecule has 2 aromatic rings. The minimum absolute atomic E-state index is 0.115. The molecule has 37 heavy (non-hydrogen) atoms. The van der Waals surface area contributed by atoms with Crippen LogP contribution < -0.4 is 16.0 Å². The molecule has 4 N–H and O–H groups in total. The fraction of sp³-hybridized carbons (Fsp3) is 0.517. The fourth-order valence-corrected chi connectivity index (χ4v) is 6.19. The van der Waals surface area contributed by atoms with Gasteiger partial charge in [-0.25, -0.2) is 14.0 Å². The standard InChI is InChI=1S/C29H37FN4O3/c1-27(2,37)15-16-31-25(35)33-29-12-9-28(10-13-29,11-14-29)22-4-7-24(8-5-22)32-26(36)34-18-20-3-6-23(30)17-21(20)19-34/h3-8,17,37H,9-16,18-19H2,1-2H3,(H,32,36)(H2,31,33,35). The van der Waals surface area contributed by atoms with Crippen molar-refractivity contribution in [1.29, 1.82) is 0 Å². The predicted molar refractivity (Wildman–Crippen MR) is 141 cm³/mol. The minimum atomic E-state index is -0.792. The van der Waals surface area contributed by atoms with Gasteiger partial charge in [-0.3, -0.25) is 0 Å². The smallest absolute Gasteiger partial charge is 0.322 e. The molecule has 3 saturated carbocycles. The second-order valence-corrected chi connectivity index (χ2v) is 11.8. The average molecular weight is 509 g/mol. The van der Waals surface area contributed by atoms with Gasteiger partial charge in [0.1, 0.15) is 5.82 Å². The summed E-state index contributed by atoms with van der Waals surface area (Å²) in [5, 5.41) is 18.9. The first-order valence-corrected chi connectivity index (χ1v) is 13.3. The topological polar surface area (TPSA) is 93.7 Å². The summed E-state index contributed by atoms with van der Waals surface area (Å²) >= 11 is 0. The number of hydrogen-bond donors (Lipinski definition) is 4. The summed E-state index contributed by atoms with van der Waals surface area (Å²) in [5.74, 6) is -0.278. The summed E-state index contributed by atoms with van der Waals surface area (Å²) in [6.45, 7) is 4.82. The van der Waals surface area contributed by atoms with Crippen LogP contribution in [0.25, 0.3) is 0 Å². The van der Waals surface area contributed by atoms with Crippen LogP contribution in [-0.4, -0.2) is 39.8 Å². The van der Waals surface area contributed by atoms with Gasteiger partial charge in [-0.1, -0.05) is 18.2 Å². The molecule has 0 unspecified atom stereocenters. The van der Waals surface area contributed by atoms with Gasteiger partial charge in [0.2, 0.25) is 0 Å². The first-order chi connectivity index (χ1) is 17.5. The third-order valence-corrected chi connectivity index (χ3v) is 8.57. The molecule has 8 heteroatoms. The number of amides is 4. The zero-order chi connectivity index (χ0) is 26.3. The van der Waals surface area contributed by atoms with E-state index in [2.05, 4.69) is 28.1 Å². The monoisotopic (exact) mass is 508 g/mol. The summed E-state index contributed by atoms with van der Waals surface area (Å²) in [7, 11) is 0. The lowest BCUT2D eigenvalue weighted by Crippen LogP contribution is -2.59. The molecule has 7 nitrogen and oxygen atoms in total. The summed E-state index contributed by atoms with van der Waals surface area (Å²) in [6.07, 6.45) is 6.40. The van der Waals surface area contributed by atoms with Gasteiger partial charge in [0, 0.05) is 30.9 Å². The van der Waals surface area contributed by atoms with Gasteiger partial charge < -0.3 is 26.0 Å². The van der Waals surface area contributed by atoms with E-state index in [0.29, 0.717) is 26.1 Å². The number of nitrogens with one attached hydrogen (secondary N) is 3. The Morgan fingerprint density at radius 2 is 1.62 bits per heavy atom. The maximum absolute atomic E-state index is 13.5. The van der Waals surface area contributed by atoms with Gasteiger partial charge in [-0.15, -0.1) is 0 Å². The summed E-state index contributed by atoms with van der Waals surface area (Å²) in [6, 6.07) is 12.5. The summed E-state index contributed by atoms with van der Waals surface area (Å²) in [5.41, 5.74) is 3.05. The van der Waals surface area contributed by atoms with Crippen LogP contribution in [0.4, 0.5) is 19.7 Å². The minimum Gasteiger partial charge on any atom is -0.390 e. The Kier molecular flexibility index (Phi) is 6.64. The van der Waals surface area contributed by atoms with E-state index >= 15 is 0 Å². The quantitative estimate of drug-likeness (QED) is 0.433. The van der Waals surface area contributed by atoms with Gasteiger partial charge >= 0.3 is 12.1 Å². The number of carbonyl (C=O) groups is 2. The molecule has 3 fully saturated rings. The fourth-order valence-electron chi connectivity index (χ4n) is 6.19. The molecule has 4 aliphatic rings. The maximum atomic E-state index is 13.5. The second-order valence-electron chi connectivity index (χ2n) is 11.8. The first kappa shape index (κ1) is 25.5. The predicted octanol–water partition coefficient (Wildman–Crippen LogP) is 5.18. The number of halogens is 1. The molecule has 2 aromatic carbocycles. The average Bonchev–Trinajstić information content (AvgIpc) is 3.28. The number of benzene rings is 2. The molecule has 3 aliphatic carbocycles. The van der Waals surface area contributed by atoms with E-state index in [1.54, 1.807) is 24.8 Å². The molecule has 0 aromatic heterocycles. The Labute approximate surface area is 217 Å². The van der Waals surface area contributed by atoms with Gasteiger partial charge in [0.05, 0.1) is 5.60 Å². The Balaban J connectivity index is 1.14. The Morgan fingerprint density at radius 3 is 2.27 bits per heavy atom. The van der Waals surface area contributed by atoms with Crippen LogP contribution in [0.2, 0.25) is 0 Å². The molecule has 198 valence electrons. The molecule has 6 rings (SSSR count). The van der Waals surface area contributed by atoms with E-state index < -0.39 is 5.60 Å². The van der Waals surface area contributed by atoms with E-state index in [1.807, 2.05) is 12.1 Å². The van der Waals surface area contributed by atoms with Crippen molar-refractivity contribution in [3.05, 3.63) is 65.0 Å². The molecule has 0 atom stereocenters. The highest BCUT2D eigenvalue weighted by molar-refractivity contribution is 5.89. The van der Waals surface area contributed by atoms with Crippen molar-refractivity contribution in [2.24, 2.45) is 0 Å². The van der Waals surface area contributed by atoms with Crippen LogP contribution >= 0.6 is 0 Å². The Morgan fingerprint density at radius 1 is 0.973 bits per heavy atom. The summed E-state index contributed by atoms with van der Waals surface area (Å²) < 4.78 is 13.5. The van der Waals surface area contributed by atoms with Crippen molar-refractivity contribution < 1.29 is 19.1 Å². The van der Waals surface area contributed by atoms with Crippen molar-refractivity contribution >= 4 is 17.7 Å². The second kappa shape index (κ2) is 9.63. The molecule has 0 spiro atoms. The molecule has 0 saturated heterocycles. The summed E-state index contributed by atoms with van der Waals surface area (Å²) in [4.78, 5) is 26.9. The van der Waals surface area contributed by atoms with Crippen LogP contribution in [0.15, 0.2) is 42.5 Å². The van der Waals surface area contributed by atoms with E-state index in [1.165, 1.54) is 17.7 Å². The van der Waals surface area contributed by atoms with Crippen molar-refractivity contribution in [2.75, 3.05) is 11.9 Å². The van der Waals surface area contributed by atoms with Crippen molar-refractivity contribution in [3.63, 3.8) is 0 Å². The molecule has 1 aliphatic heterocycles. The number of aliphatic hydroxyl groups is 1. The number of hydrogen-bond acceptors (Lipinski definition) is 3. The number of fused-ring (bicyclic) bond motifs is 4. The molecule has 1 heterocycles. The van der Waals surface area contributed by atoms with E-state index in [9.17, 15) is 19.1 Å². The van der Waals surface area contributed by atoms with Gasteiger partial charge in [-0.2, -0.15) is 0 Å². The van der Waals surface area contributed by atoms with Crippen LogP contribution in [0, 0.1) is 5.82 Å². The van der Waals surface area contributed by atoms with Crippen molar-refractivity contribution in [1.82, 2.24) is 15.5 Å². The zero-order valence-electron chi connectivity index (χ0n) is 21.7. The third kappa shape index (κ3) is 5.59. The molecular weight excluding hydrogens is 471 g/mol. The van der Waals surface area contributed by atoms with Crippen LogP contribution in [0.5, 0.6) is 0 Å². The highest BCUT2D eigenvalue weighted by Gasteiger charge is 2.49. The van der Waals surface area contributed by atoms with Gasteiger partial charge in [-0.05, 0) is 105 Å². The molecule has 0 radical (unpaired) electrons. The molecular formula is C29H37FN4O3. The van der Waals surface area contributed by atoms with E-state index in [-0.39, 0.29) is 28.8 Å². The molecule has 2 bridgehead atoms.